The minimum Gasteiger partial charge on any atom is -0.351 e. The first-order valence-corrected chi connectivity index (χ1v) is 4.46. The van der Waals surface area contributed by atoms with Crippen molar-refractivity contribution in [1.29, 1.82) is 0 Å². The van der Waals surface area contributed by atoms with E-state index >= 15 is 0 Å². The summed E-state index contributed by atoms with van der Waals surface area (Å²) in [6, 6.07) is 10.0. The van der Waals surface area contributed by atoms with Crippen molar-refractivity contribution >= 4 is 6.21 Å². The average molecular weight is 193 g/mol. The lowest BCUT2D eigenvalue weighted by atomic mass is 10.2. The smallest absolute Gasteiger partial charge is 0.193 e. The quantitative estimate of drug-likeness (QED) is 0.528. The fraction of sp³-hybridized carbons (Fsp3) is 0.364. The molecule has 0 saturated heterocycles. The molecule has 1 rings (SSSR count). The van der Waals surface area contributed by atoms with Gasteiger partial charge in [0.2, 0.25) is 0 Å². The number of hydrogen-bond donors (Lipinski definition) is 0. The van der Waals surface area contributed by atoms with Crippen LogP contribution in [0.3, 0.4) is 0 Å². The van der Waals surface area contributed by atoms with Crippen LogP contribution in [0.2, 0.25) is 0 Å². The van der Waals surface area contributed by atoms with Crippen molar-refractivity contribution in [2.75, 3.05) is 14.2 Å². The third-order valence-electron chi connectivity index (χ3n) is 1.81. The molecule has 0 aliphatic rings. The van der Waals surface area contributed by atoms with E-state index in [-0.39, 0.29) is 6.29 Å². The van der Waals surface area contributed by atoms with Crippen LogP contribution in [0, 0.1) is 0 Å². The normalized spacial score (nSPS) is 11.4. The Morgan fingerprint density at radius 2 is 1.86 bits per heavy atom. The summed E-state index contributed by atoms with van der Waals surface area (Å²) < 4.78 is 9.93. The largest absolute Gasteiger partial charge is 0.351 e. The maximum Gasteiger partial charge on any atom is 0.193 e. The zero-order chi connectivity index (χ0) is 10.2. The molecule has 0 aliphatic heterocycles. The lowest BCUT2D eigenvalue weighted by Crippen LogP contribution is -2.14. The van der Waals surface area contributed by atoms with Gasteiger partial charge in [0.05, 0.1) is 12.8 Å². The maximum absolute atomic E-state index is 4.97. The Morgan fingerprint density at radius 3 is 2.43 bits per heavy atom. The highest BCUT2D eigenvalue weighted by Gasteiger charge is 1.97. The first-order chi connectivity index (χ1) is 6.86. The van der Waals surface area contributed by atoms with E-state index in [1.165, 1.54) is 5.56 Å². The van der Waals surface area contributed by atoms with E-state index in [1.807, 2.05) is 30.3 Å². The zero-order valence-electron chi connectivity index (χ0n) is 8.51. The third kappa shape index (κ3) is 3.68. The Balaban J connectivity index is 2.40. The molecule has 0 radical (unpaired) electrons. The molecular formula is C11H15NO2. The Hall–Kier alpha value is -1.19. The van der Waals surface area contributed by atoms with E-state index in [4.69, 9.17) is 9.47 Å². The summed E-state index contributed by atoms with van der Waals surface area (Å²) in [7, 11) is 3.17. The van der Waals surface area contributed by atoms with Gasteiger partial charge in [-0.05, 0) is 5.56 Å². The zero-order valence-corrected chi connectivity index (χ0v) is 8.51. The van der Waals surface area contributed by atoms with Gasteiger partial charge in [0.25, 0.3) is 0 Å². The van der Waals surface area contributed by atoms with Crippen molar-refractivity contribution < 1.29 is 9.47 Å². The third-order valence-corrected chi connectivity index (χ3v) is 1.81. The Bertz CT molecular complexity index is 268. The standard InChI is InChI=1S/C11H15NO2/c1-13-11(14-2)9-12-8-10-6-4-3-5-7-10/h3-7,9,11H,8H2,1-2H3. The van der Waals surface area contributed by atoms with E-state index < -0.39 is 0 Å². The van der Waals surface area contributed by atoms with Gasteiger partial charge < -0.3 is 9.47 Å². The van der Waals surface area contributed by atoms with Crippen LogP contribution in [0.1, 0.15) is 5.56 Å². The molecule has 0 heterocycles. The van der Waals surface area contributed by atoms with E-state index in [0.29, 0.717) is 6.54 Å². The van der Waals surface area contributed by atoms with Crippen LogP contribution < -0.4 is 0 Å². The molecule has 0 bridgehead atoms. The summed E-state index contributed by atoms with van der Waals surface area (Å²) in [4.78, 5) is 4.21. The van der Waals surface area contributed by atoms with Crippen LogP contribution in [0.15, 0.2) is 35.3 Å². The van der Waals surface area contributed by atoms with Crippen molar-refractivity contribution in [3.8, 4) is 0 Å². The van der Waals surface area contributed by atoms with Crippen molar-refractivity contribution in [3.05, 3.63) is 35.9 Å². The highest BCUT2D eigenvalue weighted by Crippen LogP contribution is 1.99. The number of ether oxygens (including phenoxy) is 2. The molecule has 0 saturated carbocycles. The molecule has 0 fully saturated rings. The lowest BCUT2D eigenvalue weighted by Gasteiger charge is -2.06. The molecule has 0 atom stereocenters. The van der Waals surface area contributed by atoms with Crippen LogP contribution in [-0.4, -0.2) is 26.7 Å². The number of benzene rings is 1. The summed E-state index contributed by atoms with van der Waals surface area (Å²) in [6.45, 7) is 0.657. The van der Waals surface area contributed by atoms with E-state index in [1.54, 1.807) is 20.4 Å². The topological polar surface area (TPSA) is 30.8 Å². The maximum atomic E-state index is 4.97. The second-order valence-electron chi connectivity index (χ2n) is 2.82. The number of methoxy groups -OCH3 is 2. The van der Waals surface area contributed by atoms with Crippen molar-refractivity contribution in [1.82, 2.24) is 0 Å². The molecule has 0 aliphatic carbocycles. The van der Waals surface area contributed by atoms with Crippen LogP contribution in [-0.2, 0) is 16.0 Å². The fourth-order valence-corrected chi connectivity index (χ4v) is 1.05. The van der Waals surface area contributed by atoms with Gasteiger partial charge >= 0.3 is 0 Å². The first-order valence-electron chi connectivity index (χ1n) is 4.46. The van der Waals surface area contributed by atoms with Gasteiger partial charge in [0, 0.05) is 14.2 Å². The number of rotatable bonds is 5. The van der Waals surface area contributed by atoms with Gasteiger partial charge in [0.15, 0.2) is 6.29 Å². The van der Waals surface area contributed by atoms with E-state index in [2.05, 4.69) is 4.99 Å². The first kappa shape index (κ1) is 10.9. The van der Waals surface area contributed by atoms with Gasteiger partial charge in [-0.15, -0.1) is 0 Å². The summed E-state index contributed by atoms with van der Waals surface area (Å²) >= 11 is 0. The average Bonchev–Trinajstić information content (AvgIpc) is 2.26. The molecule has 0 unspecified atom stereocenters. The predicted molar refractivity (Wildman–Crippen MR) is 56.4 cm³/mol. The van der Waals surface area contributed by atoms with Gasteiger partial charge in [-0.2, -0.15) is 0 Å². The number of hydrogen-bond acceptors (Lipinski definition) is 3. The SMILES string of the molecule is COC(C=NCc1ccccc1)OC. The van der Waals surface area contributed by atoms with E-state index in [0.717, 1.165) is 0 Å². The van der Waals surface area contributed by atoms with E-state index in [9.17, 15) is 0 Å². The van der Waals surface area contributed by atoms with Gasteiger partial charge in [-0.1, -0.05) is 30.3 Å². The van der Waals surface area contributed by atoms with Crippen LogP contribution in [0.4, 0.5) is 0 Å². The number of aliphatic imine (C=N–C) groups is 1. The Kier molecular flexibility index (Phi) is 4.89. The monoisotopic (exact) mass is 193 g/mol. The summed E-state index contributed by atoms with van der Waals surface area (Å²) in [6.07, 6.45) is 1.31. The van der Waals surface area contributed by atoms with Gasteiger partial charge in [-0.25, -0.2) is 0 Å². The van der Waals surface area contributed by atoms with Crippen molar-refractivity contribution in [2.45, 2.75) is 12.8 Å². The Labute approximate surface area is 84.4 Å². The van der Waals surface area contributed by atoms with Gasteiger partial charge in [0.1, 0.15) is 0 Å². The minimum atomic E-state index is -0.348. The predicted octanol–water partition coefficient (Wildman–Crippen LogP) is 1.88. The second-order valence-corrected chi connectivity index (χ2v) is 2.82. The van der Waals surface area contributed by atoms with Crippen LogP contribution in [0.25, 0.3) is 0 Å². The second kappa shape index (κ2) is 6.29. The Morgan fingerprint density at radius 1 is 1.21 bits per heavy atom. The molecule has 0 aromatic heterocycles. The lowest BCUT2D eigenvalue weighted by molar-refractivity contribution is -0.0485. The van der Waals surface area contributed by atoms with Crippen molar-refractivity contribution in [3.63, 3.8) is 0 Å². The molecule has 3 nitrogen and oxygen atoms in total. The molecule has 76 valence electrons. The summed E-state index contributed by atoms with van der Waals surface area (Å²) in [5.74, 6) is 0. The highest BCUT2D eigenvalue weighted by atomic mass is 16.7. The molecular weight excluding hydrogens is 178 g/mol. The molecule has 1 aromatic carbocycles. The minimum absolute atomic E-state index is 0.348. The summed E-state index contributed by atoms with van der Waals surface area (Å²) in [5.41, 5.74) is 1.18. The molecule has 1 aromatic rings. The molecule has 0 spiro atoms. The molecule has 0 N–H and O–H groups in total. The molecule has 3 heteroatoms. The van der Waals surface area contributed by atoms with Crippen LogP contribution in [0.5, 0.6) is 0 Å². The number of nitrogens with zero attached hydrogens (tertiary/aromatic N) is 1. The molecule has 14 heavy (non-hydrogen) atoms. The van der Waals surface area contributed by atoms with Crippen LogP contribution >= 0.6 is 0 Å². The molecule has 0 amide bonds. The van der Waals surface area contributed by atoms with Crippen molar-refractivity contribution in [2.24, 2.45) is 4.99 Å². The highest BCUT2D eigenvalue weighted by molar-refractivity contribution is 5.61. The summed E-state index contributed by atoms with van der Waals surface area (Å²) in [5, 5.41) is 0. The van der Waals surface area contributed by atoms with Gasteiger partial charge in [-0.3, -0.25) is 4.99 Å². The fourth-order valence-electron chi connectivity index (χ4n) is 1.05.